The van der Waals surface area contributed by atoms with Gasteiger partial charge >= 0.3 is 0 Å². The summed E-state index contributed by atoms with van der Waals surface area (Å²) in [5.74, 6) is 0.553. The third-order valence-electron chi connectivity index (χ3n) is 2.94. The quantitative estimate of drug-likeness (QED) is 0.618. The zero-order valence-electron chi connectivity index (χ0n) is 10.3. The predicted octanol–water partition coefficient (Wildman–Crippen LogP) is 5.29. The van der Waals surface area contributed by atoms with Crippen LogP contribution in [0.4, 0.5) is 0 Å². The van der Waals surface area contributed by atoms with E-state index in [1.54, 1.807) is 0 Å². The monoisotopic (exact) mass is 401 g/mol. The normalized spacial score (nSPS) is 12.4. The summed E-state index contributed by atoms with van der Waals surface area (Å²) in [6, 6.07) is 10.2. The van der Waals surface area contributed by atoms with Crippen molar-refractivity contribution in [3.05, 3.63) is 63.3 Å². The molecule has 0 N–H and O–H groups in total. The van der Waals surface area contributed by atoms with E-state index < -0.39 is 0 Å². The van der Waals surface area contributed by atoms with Crippen LogP contribution in [0, 0.1) is 5.92 Å². The van der Waals surface area contributed by atoms with Crippen molar-refractivity contribution in [2.75, 3.05) is 5.33 Å². The molecule has 0 saturated heterocycles. The molecule has 1 nitrogen and oxygen atoms in total. The molecular weight excluding hydrogens is 389 g/mol. The molecule has 4 heteroatoms. The van der Waals surface area contributed by atoms with E-state index in [1.807, 2.05) is 24.5 Å². The Kier molecular flexibility index (Phi) is 5.86. The maximum Gasteiger partial charge on any atom is 0.0410 e. The fourth-order valence-electron chi connectivity index (χ4n) is 2.04. The number of alkyl halides is 1. The van der Waals surface area contributed by atoms with Gasteiger partial charge < -0.3 is 0 Å². The first-order valence-electron chi connectivity index (χ1n) is 6.07. The first-order chi connectivity index (χ1) is 9.17. The molecule has 0 aliphatic carbocycles. The van der Waals surface area contributed by atoms with Gasteiger partial charge in [-0.1, -0.05) is 39.7 Å². The van der Waals surface area contributed by atoms with E-state index in [9.17, 15) is 0 Å². The molecule has 1 unspecified atom stereocenters. The van der Waals surface area contributed by atoms with Gasteiger partial charge in [0.25, 0.3) is 0 Å². The van der Waals surface area contributed by atoms with Crippen LogP contribution >= 0.6 is 43.5 Å². The smallest absolute Gasteiger partial charge is 0.0410 e. The summed E-state index contributed by atoms with van der Waals surface area (Å²) >= 11 is 13.0. The molecule has 0 bridgehead atoms. The van der Waals surface area contributed by atoms with Gasteiger partial charge in [0.05, 0.1) is 0 Å². The molecule has 1 atom stereocenters. The highest BCUT2D eigenvalue weighted by Gasteiger charge is 2.10. The largest absolute Gasteiger partial charge is 0.263 e. The summed E-state index contributed by atoms with van der Waals surface area (Å²) < 4.78 is 1.03. The van der Waals surface area contributed by atoms with Gasteiger partial charge in [-0.3, -0.25) is 4.98 Å². The highest BCUT2D eigenvalue weighted by atomic mass is 79.9. The maximum absolute atomic E-state index is 5.91. The molecule has 2 aromatic rings. The van der Waals surface area contributed by atoms with Crippen LogP contribution in [0.5, 0.6) is 0 Å². The number of hydrogen-bond donors (Lipinski definition) is 0. The van der Waals surface area contributed by atoms with E-state index in [0.29, 0.717) is 5.92 Å². The van der Waals surface area contributed by atoms with Crippen LogP contribution in [0.15, 0.2) is 47.2 Å². The Hall–Kier alpha value is -0.380. The highest BCUT2D eigenvalue weighted by Crippen LogP contribution is 2.20. The first-order valence-corrected chi connectivity index (χ1v) is 8.36. The van der Waals surface area contributed by atoms with E-state index in [4.69, 9.17) is 11.6 Å². The fourth-order valence-corrected chi connectivity index (χ4v) is 3.03. The summed E-state index contributed by atoms with van der Waals surface area (Å²) in [5, 5.41) is 1.76. The summed E-state index contributed by atoms with van der Waals surface area (Å²) in [6.07, 6.45) is 5.80. The van der Waals surface area contributed by atoms with E-state index >= 15 is 0 Å². The van der Waals surface area contributed by atoms with Gasteiger partial charge in [-0.15, -0.1) is 0 Å². The summed E-state index contributed by atoms with van der Waals surface area (Å²) in [6.45, 7) is 0. The van der Waals surface area contributed by atoms with Gasteiger partial charge in [0, 0.05) is 27.2 Å². The van der Waals surface area contributed by atoms with Crippen molar-refractivity contribution in [2.45, 2.75) is 12.8 Å². The van der Waals surface area contributed by atoms with Gasteiger partial charge in [0.15, 0.2) is 0 Å². The average molecular weight is 404 g/mol. The number of halogens is 3. The SMILES string of the molecule is Clc1ccc(CC(CBr)Cc2cncc(Br)c2)cc1. The van der Waals surface area contributed by atoms with E-state index in [2.05, 4.69) is 55.0 Å². The first kappa shape index (κ1) is 15.0. The molecule has 1 aromatic heterocycles. The fraction of sp³-hybridized carbons (Fsp3) is 0.267. The number of pyridine rings is 1. The molecule has 0 amide bonds. The van der Waals surface area contributed by atoms with E-state index in [-0.39, 0.29) is 0 Å². The van der Waals surface area contributed by atoms with E-state index in [1.165, 1.54) is 11.1 Å². The number of hydrogen-bond acceptors (Lipinski definition) is 1. The zero-order valence-corrected chi connectivity index (χ0v) is 14.2. The van der Waals surface area contributed by atoms with Crippen molar-refractivity contribution < 1.29 is 0 Å². The average Bonchev–Trinajstić information content (AvgIpc) is 2.40. The van der Waals surface area contributed by atoms with Crippen molar-refractivity contribution in [3.63, 3.8) is 0 Å². The van der Waals surface area contributed by atoms with Crippen molar-refractivity contribution in [2.24, 2.45) is 5.92 Å². The predicted molar refractivity (Wildman–Crippen MR) is 88.1 cm³/mol. The lowest BCUT2D eigenvalue weighted by Gasteiger charge is -2.14. The van der Waals surface area contributed by atoms with Crippen LogP contribution in [-0.2, 0) is 12.8 Å². The topological polar surface area (TPSA) is 12.9 Å². The Labute approximate surface area is 135 Å². The summed E-state index contributed by atoms with van der Waals surface area (Å²) in [7, 11) is 0. The van der Waals surface area contributed by atoms with Gasteiger partial charge in [0.1, 0.15) is 0 Å². The minimum atomic E-state index is 0.553. The standard InChI is InChI=1S/C15H14Br2ClN/c16-8-12(5-11-1-3-15(18)4-2-11)6-13-7-14(17)10-19-9-13/h1-4,7,9-10,12H,5-6,8H2. The second-order valence-electron chi connectivity index (χ2n) is 4.57. The molecule has 19 heavy (non-hydrogen) atoms. The zero-order chi connectivity index (χ0) is 13.7. The lowest BCUT2D eigenvalue weighted by Crippen LogP contribution is -2.10. The maximum atomic E-state index is 5.91. The number of rotatable bonds is 5. The molecular formula is C15H14Br2ClN. The highest BCUT2D eigenvalue weighted by molar-refractivity contribution is 9.10. The van der Waals surface area contributed by atoms with Crippen molar-refractivity contribution >= 4 is 43.5 Å². The molecule has 1 heterocycles. The molecule has 0 spiro atoms. The molecule has 0 radical (unpaired) electrons. The van der Waals surface area contributed by atoms with Crippen LogP contribution in [0.1, 0.15) is 11.1 Å². The molecule has 0 fully saturated rings. The third kappa shape index (κ3) is 4.90. The van der Waals surface area contributed by atoms with Gasteiger partial charge in [-0.2, -0.15) is 0 Å². The summed E-state index contributed by atoms with van der Waals surface area (Å²) in [5.41, 5.74) is 2.57. The molecule has 2 rings (SSSR count). The lowest BCUT2D eigenvalue weighted by molar-refractivity contribution is 0.590. The minimum Gasteiger partial charge on any atom is -0.263 e. The second kappa shape index (κ2) is 7.41. The minimum absolute atomic E-state index is 0.553. The second-order valence-corrected chi connectivity index (χ2v) is 6.57. The van der Waals surface area contributed by atoms with Crippen LogP contribution < -0.4 is 0 Å². The van der Waals surface area contributed by atoms with Gasteiger partial charge in [-0.05, 0) is 64.0 Å². The molecule has 100 valence electrons. The molecule has 0 saturated carbocycles. The van der Waals surface area contributed by atoms with Crippen molar-refractivity contribution in [1.29, 1.82) is 0 Å². The number of aromatic nitrogens is 1. The van der Waals surface area contributed by atoms with Crippen molar-refractivity contribution in [1.82, 2.24) is 4.98 Å². The lowest BCUT2D eigenvalue weighted by atomic mass is 9.95. The third-order valence-corrected chi connectivity index (χ3v) is 4.54. The van der Waals surface area contributed by atoms with Crippen LogP contribution in [-0.4, -0.2) is 10.3 Å². The number of nitrogens with zero attached hydrogens (tertiary/aromatic N) is 1. The molecule has 1 aromatic carbocycles. The molecule has 0 aliphatic rings. The Bertz CT molecular complexity index is 528. The molecule has 0 aliphatic heterocycles. The van der Waals surface area contributed by atoms with E-state index in [0.717, 1.165) is 27.7 Å². The van der Waals surface area contributed by atoms with Crippen LogP contribution in [0.3, 0.4) is 0 Å². The van der Waals surface area contributed by atoms with Crippen molar-refractivity contribution in [3.8, 4) is 0 Å². The van der Waals surface area contributed by atoms with Crippen LogP contribution in [0.2, 0.25) is 5.02 Å². The number of benzene rings is 1. The summed E-state index contributed by atoms with van der Waals surface area (Å²) in [4.78, 5) is 4.21. The Morgan fingerprint density at radius 1 is 1.05 bits per heavy atom. The van der Waals surface area contributed by atoms with Crippen LogP contribution in [0.25, 0.3) is 0 Å². The Balaban J connectivity index is 2.02. The Morgan fingerprint density at radius 3 is 2.37 bits per heavy atom. The van der Waals surface area contributed by atoms with Gasteiger partial charge in [-0.25, -0.2) is 0 Å². The Morgan fingerprint density at radius 2 is 1.74 bits per heavy atom. The van der Waals surface area contributed by atoms with Gasteiger partial charge in [0.2, 0.25) is 0 Å².